The highest BCUT2D eigenvalue weighted by atomic mass is 79.9. The van der Waals surface area contributed by atoms with Gasteiger partial charge in [0.15, 0.2) is 6.10 Å². The van der Waals surface area contributed by atoms with E-state index in [9.17, 15) is 19.7 Å². The predicted octanol–water partition coefficient (Wildman–Crippen LogP) is 3.18. The van der Waals surface area contributed by atoms with E-state index >= 15 is 0 Å². The molecule has 0 aliphatic carbocycles. The maximum Gasteiger partial charge on any atom is 0.434 e. The number of carbonyl (C=O) groups excluding carboxylic acids is 2. The molecule has 0 aliphatic heterocycles. The summed E-state index contributed by atoms with van der Waals surface area (Å²) >= 11 is 2.93. The summed E-state index contributed by atoms with van der Waals surface area (Å²) in [6, 6.07) is 7.47. The molecule has 2 rings (SSSR count). The molecule has 162 valence electrons. The lowest BCUT2D eigenvalue weighted by Crippen LogP contribution is -2.38. The monoisotopic (exact) mass is 482 g/mol. The highest BCUT2D eigenvalue weighted by Crippen LogP contribution is 2.24. The first-order valence-electron chi connectivity index (χ1n) is 9.05. The zero-order valence-electron chi connectivity index (χ0n) is 16.8. The molecular formula is C19H23BrN4O6. The molecule has 0 fully saturated rings. The summed E-state index contributed by atoms with van der Waals surface area (Å²) in [5.41, 5.74) is 1.12. The Bertz CT molecular complexity index is 891. The Morgan fingerprint density at radius 2 is 1.97 bits per heavy atom. The van der Waals surface area contributed by atoms with Crippen LogP contribution in [-0.2, 0) is 21.5 Å². The first-order chi connectivity index (χ1) is 14.1. The lowest BCUT2D eigenvalue weighted by atomic mass is 9.87. The SMILES string of the molecule is CC(C)(C)c1ccc(OC[C@H](Cn2ccnc2[N+](=O)[O-])OC(=O)NC(=O)CBr)cc1. The molecule has 11 heteroatoms. The van der Waals surface area contributed by atoms with Gasteiger partial charge in [-0.15, -0.1) is 0 Å². The first kappa shape index (κ1) is 23.3. The van der Waals surface area contributed by atoms with E-state index in [1.165, 1.54) is 17.0 Å². The van der Waals surface area contributed by atoms with E-state index in [-0.39, 0.29) is 23.9 Å². The van der Waals surface area contributed by atoms with Gasteiger partial charge in [0.25, 0.3) is 0 Å². The lowest BCUT2D eigenvalue weighted by Gasteiger charge is -2.20. The number of benzene rings is 1. The Morgan fingerprint density at radius 3 is 2.53 bits per heavy atom. The molecule has 0 saturated heterocycles. The highest BCUT2D eigenvalue weighted by molar-refractivity contribution is 9.09. The van der Waals surface area contributed by atoms with Crippen molar-refractivity contribution in [3.8, 4) is 5.75 Å². The number of halogens is 1. The van der Waals surface area contributed by atoms with Crippen LogP contribution in [0.4, 0.5) is 10.7 Å². The zero-order valence-corrected chi connectivity index (χ0v) is 18.4. The van der Waals surface area contributed by atoms with Crippen LogP contribution in [0.1, 0.15) is 26.3 Å². The van der Waals surface area contributed by atoms with Crippen LogP contribution in [0.5, 0.6) is 5.75 Å². The lowest BCUT2D eigenvalue weighted by molar-refractivity contribution is -0.397. The van der Waals surface area contributed by atoms with Crippen LogP contribution < -0.4 is 10.1 Å². The standard InChI is InChI=1S/C19H23BrN4O6/c1-19(2,3)13-4-6-14(7-5-13)29-12-15(30-18(26)22-16(25)10-20)11-23-9-8-21-17(23)24(27)28/h4-9,15H,10-12H2,1-3H3,(H,22,25,26)/t15-/m0/s1. The highest BCUT2D eigenvalue weighted by Gasteiger charge is 2.23. The van der Waals surface area contributed by atoms with Crippen LogP contribution in [-0.4, -0.2) is 44.5 Å². The Morgan fingerprint density at radius 1 is 1.30 bits per heavy atom. The minimum absolute atomic E-state index is 0.00934. The maximum atomic E-state index is 11.9. The Labute approximate surface area is 181 Å². The number of nitrogens with one attached hydrogen (secondary N) is 1. The van der Waals surface area contributed by atoms with Gasteiger partial charge in [0.05, 0.1) is 5.33 Å². The third kappa shape index (κ3) is 6.83. The summed E-state index contributed by atoms with van der Waals surface area (Å²) in [5, 5.41) is 13.0. The van der Waals surface area contributed by atoms with Crippen molar-refractivity contribution in [3.63, 3.8) is 0 Å². The number of ether oxygens (including phenoxy) is 2. The van der Waals surface area contributed by atoms with Crippen LogP contribution in [0.25, 0.3) is 0 Å². The molecule has 1 aromatic heterocycles. The van der Waals surface area contributed by atoms with E-state index in [0.717, 1.165) is 5.56 Å². The van der Waals surface area contributed by atoms with Crippen LogP contribution in [0.15, 0.2) is 36.7 Å². The second kappa shape index (κ2) is 10.2. The van der Waals surface area contributed by atoms with E-state index in [1.54, 1.807) is 12.1 Å². The average molecular weight is 483 g/mol. The van der Waals surface area contributed by atoms with E-state index in [0.29, 0.717) is 5.75 Å². The molecule has 0 spiro atoms. The van der Waals surface area contributed by atoms with Crippen molar-refractivity contribution in [2.75, 3.05) is 11.9 Å². The third-order valence-corrected chi connectivity index (χ3v) is 4.56. The van der Waals surface area contributed by atoms with Crippen molar-refractivity contribution >= 4 is 33.9 Å². The molecule has 10 nitrogen and oxygen atoms in total. The fraction of sp³-hybridized carbons (Fsp3) is 0.421. The summed E-state index contributed by atoms with van der Waals surface area (Å²) in [7, 11) is 0. The average Bonchev–Trinajstić information content (AvgIpc) is 3.14. The number of imide groups is 1. The molecule has 2 amide bonds. The number of hydrogen-bond acceptors (Lipinski definition) is 7. The number of nitro groups is 1. The fourth-order valence-corrected chi connectivity index (χ4v) is 2.67. The van der Waals surface area contributed by atoms with E-state index < -0.39 is 29.0 Å². The molecule has 0 aliphatic rings. The number of alkyl halides is 1. The number of amides is 2. The van der Waals surface area contributed by atoms with Crippen molar-refractivity contribution < 1.29 is 24.0 Å². The zero-order chi connectivity index (χ0) is 22.3. The van der Waals surface area contributed by atoms with Gasteiger partial charge < -0.3 is 19.6 Å². The van der Waals surface area contributed by atoms with Gasteiger partial charge in [-0.3, -0.25) is 10.1 Å². The predicted molar refractivity (Wildman–Crippen MR) is 112 cm³/mol. The molecular weight excluding hydrogens is 460 g/mol. The first-order valence-corrected chi connectivity index (χ1v) is 10.2. The number of imidazole rings is 1. The van der Waals surface area contributed by atoms with Crippen molar-refractivity contribution in [2.45, 2.75) is 38.8 Å². The van der Waals surface area contributed by atoms with Gasteiger partial charge >= 0.3 is 12.0 Å². The molecule has 1 aromatic carbocycles. The molecule has 2 aromatic rings. The Kier molecular flexibility index (Phi) is 7.93. The van der Waals surface area contributed by atoms with Gasteiger partial charge in [-0.1, -0.05) is 53.8 Å². The molecule has 0 radical (unpaired) electrons. The number of rotatable bonds is 8. The third-order valence-electron chi connectivity index (χ3n) is 4.05. The summed E-state index contributed by atoms with van der Waals surface area (Å²) in [6.45, 7) is 6.12. The maximum absolute atomic E-state index is 11.9. The van der Waals surface area contributed by atoms with Crippen molar-refractivity contribution in [1.29, 1.82) is 0 Å². The summed E-state index contributed by atoms with van der Waals surface area (Å²) in [5.74, 6) is -0.421. The minimum atomic E-state index is -0.973. The van der Waals surface area contributed by atoms with Gasteiger partial charge in [-0.25, -0.2) is 9.36 Å². The Balaban J connectivity index is 2.10. The normalized spacial score (nSPS) is 12.1. The van der Waals surface area contributed by atoms with Gasteiger partial charge in [-0.05, 0) is 28.0 Å². The second-order valence-electron chi connectivity index (χ2n) is 7.43. The summed E-state index contributed by atoms with van der Waals surface area (Å²) in [6.07, 6.45) is 0.784. The molecule has 0 bridgehead atoms. The van der Waals surface area contributed by atoms with Crippen molar-refractivity contribution in [3.05, 3.63) is 52.3 Å². The van der Waals surface area contributed by atoms with Crippen LogP contribution in [0.2, 0.25) is 0 Å². The van der Waals surface area contributed by atoms with Gasteiger partial charge in [0.1, 0.15) is 31.3 Å². The van der Waals surface area contributed by atoms with E-state index in [1.807, 2.05) is 17.4 Å². The Hall–Kier alpha value is -2.95. The van der Waals surface area contributed by atoms with Gasteiger partial charge in [-0.2, -0.15) is 0 Å². The number of nitrogens with zero attached hydrogens (tertiary/aromatic N) is 3. The minimum Gasteiger partial charge on any atom is -0.490 e. The molecule has 0 saturated carbocycles. The number of aromatic nitrogens is 2. The molecule has 30 heavy (non-hydrogen) atoms. The smallest absolute Gasteiger partial charge is 0.434 e. The van der Waals surface area contributed by atoms with Crippen molar-refractivity contribution in [2.24, 2.45) is 0 Å². The van der Waals surface area contributed by atoms with Crippen LogP contribution >= 0.6 is 15.9 Å². The number of alkyl carbamates (subject to hydrolysis) is 1. The topological polar surface area (TPSA) is 126 Å². The second-order valence-corrected chi connectivity index (χ2v) is 7.99. The van der Waals surface area contributed by atoms with Gasteiger partial charge in [0, 0.05) is 0 Å². The summed E-state index contributed by atoms with van der Waals surface area (Å²) in [4.78, 5) is 37.4. The van der Waals surface area contributed by atoms with E-state index in [2.05, 4.69) is 41.7 Å². The van der Waals surface area contributed by atoms with Gasteiger partial charge in [0.2, 0.25) is 5.91 Å². The van der Waals surface area contributed by atoms with Crippen LogP contribution in [0, 0.1) is 10.1 Å². The molecule has 1 heterocycles. The fourth-order valence-electron chi connectivity index (χ4n) is 2.53. The largest absolute Gasteiger partial charge is 0.490 e. The van der Waals surface area contributed by atoms with Crippen molar-refractivity contribution in [1.82, 2.24) is 14.9 Å². The van der Waals surface area contributed by atoms with E-state index in [4.69, 9.17) is 9.47 Å². The number of hydrogen-bond donors (Lipinski definition) is 1. The quantitative estimate of drug-likeness (QED) is 0.347. The molecule has 1 atom stereocenters. The molecule has 1 N–H and O–H groups in total. The van der Waals surface area contributed by atoms with Crippen LogP contribution in [0.3, 0.4) is 0 Å². The number of carbonyl (C=O) groups is 2. The molecule has 0 unspecified atom stereocenters. The summed E-state index contributed by atoms with van der Waals surface area (Å²) < 4.78 is 12.2.